The molecule has 4 heteroatoms. The van der Waals surface area contributed by atoms with Gasteiger partial charge >= 0.3 is 0 Å². The van der Waals surface area contributed by atoms with Gasteiger partial charge < -0.3 is 15.6 Å². The minimum atomic E-state index is -0.00306. The molecule has 1 rings (SSSR count). The van der Waals surface area contributed by atoms with Crippen molar-refractivity contribution in [2.75, 3.05) is 7.11 Å². The maximum Gasteiger partial charge on any atom is 0.161 e. The summed E-state index contributed by atoms with van der Waals surface area (Å²) >= 11 is 3.35. The molecular weight excluding hydrogens is 258 g/mol. The lowest BCUT2D eigenvalue weighted by Gasteiger charge is -2.06. The molecule has 1 unspecified atom stereocenters. The largest absolute Gasteiger partial charge is 0.504 e. The molecule has 1 aromatic carbocycles. The number of aromatic hydroxyl groups is 1. The lowest BCUT2D eigenvalue weighted by molar-refractivity contribution is 0.373. The van der Waals surface area contributed by atoms with Crippen LogP contribution in [0.1, 0.15) is 12.5 Å². The van der Waals surface area contributed by atoms with Gasteiger partial charge in [0.05, 0.1) is 7.11 Å². The third-order valence-electron chi connectivity index (χ3n) is 1.88. The van der Waals surface area contributed by atoms with E-state index in [1.807, 2.05) is 19.1 Å². The lowest BCUT2D eigenvalue weighted by atomic mass is 10.1. The summed E-state index contributed by atoms with van der Waals surface area (Å²) in [5, 5.41) is 9.49. The van der Waals surface area contributed by atoms with Crippen LogP contribution in [0.25, 0.3) is 6.08 Å². The van der Waals surface area contributed by atoms with E-state index in [9.17, 15) is 5.11 Å². The van der Waals surface area contributed by atoms with Crippen LogP contribution in [0, 0.1) is 0 Å². The maximum absolute atomic E-state index is 9.49. The van der Waals surface area contributed by atoms with E-state index in [2.05, 4.69) is 15.9 Å². The fourth-order valence-electron chi connectivity index (χ4n) is 1.11. The number of hydrogen-bond donors (Lipinski definition) is 2. The normalized spacial score (nSPS) is 13.1. The molecule has 0 amide bonds. The van der Waals surface area contributed by atoms with Gasteiger partial charge in [-0.15, -0.1) is 0 Å². The van der Waals surface area contributed by atoms with E-state index in [-0.39, 0.29) is 11.8 Å². The fraction of sp³-hybridized carbons (Fsp3) is 0.273. The number of hydrogen-bond acceptors (Lipinski definition) is 3. The smallest absolute Gasteiger partial charge is 0.161 e. The van der Waals surface area contributed by atoms with Gasteiger partial charge in [-0.3, -0.25) is 0 Å². The van der Waals surface area contributed by atoms with Gasteiger partial charge in [-0.2, -0.15) is 0 Å². The average molecular weight is 272 g/mol. The third-order valence-corrected chi connectivity index (χ3v) is 2.56. The second-order valence-corrected chi connectivity index (χ2v) is 4.12. The Kier molecular flexibility index (Phi) is 4.17. The highest BCUT2D eigenvalue weighted by Gasteiger charge is 2.05. The van der Waals surface area contributed by atoms with Gasteiger partial charge in [0.15, 0.2) is 11.5 Å². The number of phenols is 1. The van der Waals surface area contributed by atoms with Crippen LogP contribution in [0.4, 0.5) is 0 Å². The molecule has 82 valence electrons. The summed E-state index contributed by atoms with van der Waals surface area (Å²) in [6.07, 6.45) is 3.76. The van der Waals surface area contributed by atoms with Crippen LogP contribution in [0.2, 0.25) is 0 Å². The van der Waals surface area contributed by atoms with E-state index in [1.165, 1.54) is 7.11 Å². The number of phenolic OH excluding ortho intramolecular Hbond substituents is 1. The molecule has 3 nitrogen and oxygen atoms in total. The van der Waals surface area contributed by atoms with Crippen LogP contribution in [-0.4, -0.2) is 18.3 Å². The number of methoxy groups -OCH3 is 1. The Morgan fingerprint density at radius 1 is 1.53 bits per heavy atom. The van der Waals surface area contributed by atoms with E-state index >= 15 is 0 Å². The number of benzene rings is 1. The van der Waals surface area contributed by atoms with Gasteiger partial charge in [-0.25, -0.2) is 0 Å². The zero-order valence-electron chi connectivity index (χ0n) is 8.70. The Labute approximate surface area is 97.7 Å². The molecule has 0 saturated carbocycles. The summed E-state index contributed by atoms with van der Waals surface area (Å²) in [5.74, 6) is 0.560. The van der Waals surface area contributed by atoms with E-state index in [1.54, 1.807) is 12.1 Å². The Bertz CT molecular complexity index is 375. The Morgan fingerprint density at radius 3 is 2.73 bits per heavy atom. The Hall–Kier alpha value is -1.00. The van der Waals surface area contributed by atoms with Crippen molar-refractivity contribution < 1.29 is 9.84 Å². The van der Waals surface area contributed by atoms with E-state index in [0.29, 0.717) is 5.75 Å². The molecule has 0 saturated heterocycles. The van der Waals surface area contributed by atoms with Gasteiger partial charge in [-0.1, -0.05) is 28.1 Å². The van der Waals surface area contributed by atoms with Crippen LogP contribution in [0.15, 0.2) is 22.7 Å². The standard InChI is InChI=1S/C11H14BrNO2/c1-7(13)3-4-8-5-11(15-2)10(14)6-9(8)12/h3-7,14H,13H2,1-2H3/b4-3+. The zero-order chi connectivity index (χ0) is 11.4. The van der Waals surface area contributed by atoms with Gasteiger partial charge in [0.25, 0.3) is 0 Å². The van der Waals surface area contributed by atoms with Crippen LogP contribution < -0.4 is 10.5 Å². The highest BCUT2D eigenvalue weighted by atomic mass is 79.9. The molecule has 0 aliphatic carbocycles. The first-order valence-electron chi connectivity index (χ1n) is 4.55. The molecule has 0 heterocycles. The van der Waals surface area contributed by atoms with Crippen molar-refractivity contribution in [1.29, 1.82) is 0 Å². The number of halogens is 1. The van der Waals surface area contributed by atoms with Crippen molar-refractivity contribution in [3.63, 3.8) is 0 Å². The molecular formula is C11H14BrNO2. The van der Waals surface area contributed by atoms with Crippen molar-refractivity contribution in [2.45, 2.75) is 13.0 Å². The monoisotopic (exact) mass is 271 g/mol. The van der Waals surface area contributed by atoms with Gasteiger partial charge in [0, 0.05) is 10.5 Å². The summed E-state index contributed by atoms with van der Waals surface area (Å²) in [5.41, 5.74) is 6.53. The van der Waals surface area contributed by atoms with Crippen LogP contribution in [-0.2, 0) is 0 Å². The molecule has 15 heavy (non-hydrogen) atoms. The predicted octanol–water partition coefficient (Wildman–Crippen LogP) is 2.52. The first kappa shape index (κ1) is 12.1. The first-order chi connectivity index (χ1) is 7.04. The molecule has 1 atom stereocenters. The lowest BCUT2D eigenvalue weighted by Crippen LogP contribution is -2.09. The van der Waals surface area contributed by atoms with Crippen LogP contribution in [0.5, 0.6) is 11.5 Å². The number of ether oxygens (including phenoxy) is 1. The second kappa shape index (κ2) is 5.19. The van der Waals surface area contributed by atoms with Gasteiger partial charge in [0.1, 0.15) is 0 Å². The minimum absolute atomic E-state index is 0.00306. The summed E-state index contributed by atoms with van der Waals surface area (Å²) in [4.78, 5) is 0. The van der Waals surface area contributed by atoms with Crippen LogP contribution >= 0.6 is 15.9 Å². The van der Waals surface area contributed by atoms with Crippen molar-refractivity contribution in [2.24, 2.45) is 5.73 Å². The molecule has 0 aliphatic heterocycles. The molecule has 1 aromatic rings. The zero-order valence-corrected chi connectivity index (χ0v) is 10.3. The molecule has 0 spiro atoms. The minimum Gasteiger partial charge on any atom is -0.504 e. The summed E-state index contributed by atoms with van der Waals surface area (Å²) in [6, 6.07) is 3.34. The van der Waals surface area contributed by atoms with E-state index in [4.69, 9.17) is 10.5 Å². The fourth-order valence-corrected chi connectivity index (χ4v) is 1.57. The molecule has 3 N–H and O–H groups in total. The third kappa shape index (κ3) is 3.25. The summed E-state index contributed by atoms with van der Waals surface area (Å²) in [6.45, 7) is 1.89. The van der Waals surface area contributed by atoms with Crippen molar-refractivity contribution in [3.05, 3.63) is 28.2 Å². The Balaban J connectivity index is 3.07. The number of rotatable bonds is 3. The highest BCUT2D eigenvalue weighted by molar-refractivity contribution is 9.10. The SMILES string of the molecule is COc1cc(/C=C/C(C)N)c(Br)cc1O. The molecule has 0 bridgehead atoms. The highest BCUT2D eigenvalue weighted by Crippen LogP contribution is 2.32. The topological polar surface area (TPSA) is 55.5 Å². The molecule has 0 aromatic heterocycles. The summed E-state index contributed by atoms with van der Waals surface area (Å²) < 4.78 is 5.81. The van der Waals surface area contributed by atoms with E-state index in [0.717, 1.165) is 10.0 Å². The first-order valence-corrected chi connectivity index (χ1v) is 5.34. The average Bonchev–Trinajstić information content (AvgIpc) is 2.16. The van der Waals surface area contributed by atoms with Gasteiger partial charge in [-0.05, 0) is 24.6 Å². The molecule has 0 aliphatic rings. The van der Waals surface area contributed by atoms with Crippen molar-refractivity contribution in [1.82, 2.24) is 0 Å². The van der Waals surface area contributed by atoms with Crippen molar-refractivity contribution in [3.8, 4) is 11.5 Å². The second-order valence-electron chi connectivity index (χ2n) is 3.26. The quantitative estimate of drug-likeness (QED) is 0.889. The summed E-state index contributed by atoms with van der Waals surface area (Å²) in [7, 11) is 1.52. The maximum atomic E-state index is 9.49. The van der Waals surface area contributed by atoms with Crippen LogP contribution in [0.3, 0.4) is 0 Å². The Morgan fingerprint density at radius 2 is 2.20 bits per heavy atom. The predicted molar refractivity (Wildman–Crippen MR) is 65.0 cm³/mol. The van der Waals surface area contributed by atoms with Gasteiger partial charge in [0.2, 0.25) is 0 Å². The molecule has 0 radical (unpaired) electrons. The van der Waals surface area contributed by atoms with Crippen molar-refractivity contribution >= 4 is 22.0 Å². The molecule has 0 fully saturated rings. The number of nitrogens with two attached hydrogens (primary N) is 1. The van der Waals surface area contributed by atoms with E-state index < -0.39 is 0 Å².